The van der Waals surface area contributed by atoms with Gasteiger partial charge in [-0.3, -0.25) is 0 Å². The van der Waals surface area contributed by atoms with E-state index in [1.807, 2.05) is 0 Å². The number of likely N-dealkylation sites (N-methyl/N-ethyl adjacent to an activating group) is 1. The Bertz CT molecular complexity index is 331. The van der Waals surface area contributed by atoms with E-state index in [2.05, 4.69) is 9.47 Å². The first-order valence-corrected chi connectivity index (χ1v) is 6.35. The van der Waals surface area contributed by atoms with Gasteiger partial charge in [0.1, 0.15) is 0 Å². The van der Waals surface area contributed by atoms with Crippen LogP contribution in [0.3, 0.4) is 0 Å². The summed E-state index contributed by atoms with van der Waals surface area (Å²) in [6.07, 6.45) is -2.02. The highest BCUT2D eigenvalue weighted by atomic mass is 32.2. The van der Waals surface area contributed by atoms with Gasteiger partial charge in [0.15, 0.2) is 0 Å². The fourth-order valence-electron chi connectivity index (χ4n) is 0.984. The molecule has 0 aromatic heterocycles. The van der Waals surface area contributed by atoms with Crippen molar-refractivity contribution in [3.8, 4) is 0 Å². The third kappa shape index (κ3) is 6.41. The summed E-state index contributed by atoms with van der Waals surface area (Å²) in [5.41, 5.74) is 0. The molecule has 0 aliphatic carbocycles. The fraction of sp³-hybridized carbons (Fsp3) is 0.875. The lowest BCUT2D eigenvalue weighted by molar-refractivity contribution is 0.0552. The summed E-state index contributed by atoms with van der Waals surface area (Å²) in [7, 11) is -1.40. The highest BCUT2D eigenvalue weighted by molar-refractivity contribution is 7.87. The third-order valence-corrected chi connectivity index (χ3v) is 3.12. The molecule has 1 unspecified atom stereocenters. The van der Waals surface area contributed by atoms with Crippen LogP contribution in [0.15, 0.2) is 0 Å². The van der Waals surface area contributed by atoms with Gasteiger partial charge in [0.25, 0.3) is 0 Å². The zero-order valence-corrected chi connectivity index (χ0v) is 10.9. The number of aliphatic hydroxyl groups is 1. The van der Waals surface area contributed by atoms with E-state index >= 15 is 0 Å². The van der Waals surface area contributed by atoms with E-state index in [1.165, 1.54) is 14.2 Å². The largest absolute Gasteiger partial charge is 0.449 e. The monoisotopic (exact) mass is 270 g/mol. The van der Waals surface area contributed by atoms with E-state index in [-0.39, 0.29) is 19.8 Å². The maximum Gasteiger partial charge on any atom is 0.421 e. The van der Waals surface area contributed by atoms with E-state index in [0.717, 1.165) is 4.31 Å². The van der Waals surface area contributed by atoms with Gasteiger partial charge in [-0.15, -0.1) is 0 Å². The summed E-state index contributed by atoms with van der Waals surface area (Å²) >= 11 is 0. The van der Waals surface area contributed by atoms with Crippen LogP contribution in [0.4, 0.5) is 4.79 Å². The van der Waals surface area contributed by atoms with Crippen molar-refractivity contribution >= 4 is 16.3 Å². The molecule has 17 heavy (non-hydrogen) atoms. The normalized spacial score (nSPS) is 13.5. The molecule has 0 aromatic carbocycles. The summed E-state index contributed by atoms with van der Waals surface area (Å²) in [5, 5.41) is 9.35. The average Bonchev–Trinajstić information content (AvgIpc) is 2.17. The summed E-state index contributed by atoms with van der Waals surface area (Å²) in [6, 6.07) is 0. The molecular formula is C8H18N2O6S. The van der Waals surface area contributed by atoms with E-state index < -0.39 is 22.4 Å². The van der Waals surface area contributed by atoms with Gasteiger partial charge < -0.3 is 14.6 Å². The number of hydrogen-bond acceptors (Lipinski definition) is 6. The van der Waals surface area contributed by atoms with Gasteiger partial charge in [0, 0.05) is 20.7 Å². The Balaban J connectivity index is 4.34. The molecular weight excluding hydrogens is 252 g/mol. The first-order chi connectivity index (χ1) is 7.83. The van der Waals surface area contributed by atoms with Gasteiger partial charge in [-0.25, -0.2) is 9.52 Å². The fourth-order valence-corrected chi connectivity index (χ4v) is 1.78. The molecule has 0 saturated heterocycles. The summed E-state index contributed by atoms with van der Waals surface area (Å²) in [4.78, 5) is 10.9. The Morgan fingerprint density at radius 2 is 2.12 bits per heavy atom. The maximum absolute atomic E-state index is 11.5. The molecule has 0 bridgehead atoms. The van der Waals surface area contributed by atoms with Crippen molar-refractivity contribution in [3.63, 3.8) is 0 Å². The Kier molecular flexibility index (Phi) is 7.04. The molecule has 0 fully saturated rings. The lowest BCUT2D eigenvalue weighted by Crippen LogP contribution is -2.45. The lowest BCUT2D eigenvalue weighted by atomic mass is 10.4. The van der Waals surface area contributed by atoms with Gasteiger partial charge in [-0.05, 0) is 6.92 Å². The van der Waals surface area contributed by atoms with Crippen molar-refractivity contribution in [2.75, 3.05) is 33.9 Å². The van der Waals surface area contributed by atoms with Gasteiger partial charge in [0.2, 0.25) is 0 Å². The number of amides is 1. The molecule has 0 aliphatic rings. The molecule has 9 heteroatoms. The van der Waals surface area contributed by atoms with Crippen LogP contribution in [0.25, 0.3) is 0 Å². The number of aliphatic hydroxyl groups excluding tert-OH is 1. The SMILES string of the molecule is CCOC(=O)NS(=O)(=O)N(C)CC(O)COC. The number of ether oxygens (including phenoxy) is 2. The first kappa shape index (κ1) is 16.1. The minimum atomic E-state index is -4.00. The molecule has 0 heterocycles. The smallest absolute Gasteiger partial charge is 0.421 e. The van der Waals surface area contributed by atoms with Crippen LogP contribution in [-0.2, 0) is 19.7 Å². The van der Waals surface area contributed by atoms with E-state index in [4.69, 9.17) is 0 Å². The van der Waals surface area contributed by atoms with Crippen molar-refractivity contribution in [1.29, 1.82) is 0 Å². The van der Waals surface area contributed by atoms with Gasteiger partial charge in [-0.2, -0.15) is 12.7 Å². The lowest BCUT2D eigenvalue weighted by Gasteiger charge is -2.19. The van der Waals surface area contributed by atoms with Crippen molar-refractivity contribution in [1.82, 2.24) is 9.03 Å². The molecule has 0 aromatic rings. The number of rotatable bonds is 7. The number of carbonyl (C=O) groups is 1. The second kappa shape index (κ2) is 7.43. The first-order valence-electron chi connectivity index (χ1n) is 4.91. The van der Waals surface area contributed by atoms with Crippen molar-refractivity contribution in [2.24, 2.45) is 0 Å². The van der Waals surface area contributed by atoms with Crippen molar-refractivity contribution in [2.45, 2.75) is 13.0 Å². The number of hydrogen-bond donors (Lipinski definition) is 2. The zero-order chi connectivity index (χ0) is 13.5. The van der Waals surface area contributed by atoms with E-state index in [9.17, 15) is 18.3 Å². The maximum atomic E-state index is 11.5. The molecule has 1 amide bonds. The topological polar surface area (TPSA) is 105 Å². The molecule has 2 N–H and O–H groups in total. The molecule has 0 spiro atoms. The van der Waals surface area contributed by atoms with Crippen LogP contribution in [0.5, 0.6) is 0 Å². The summed E-state index contributed by atoms with van der Waals surface area (Å²) < 4.78 is 34.6. The van der Waals surface area contributed by atoms with Crippen LogP contribution >= 0.6 is 0 Å². The van der Waals surface area contributed by atoms with Gasteiger partial charge in [-0.1, -0.05) is 0 Å². The number of carbonyl (C=O) groups excluding carboxylic acids is 1. The third-order valence-electron chi connectivity index (χ3n) is 1.72. The second-order valence-corrected chi connectivity index (χ2v) is 4.99. The highest BCUT2D eigenvalue weighted by Gasteiger charge is 2.23. The predicted octanol–water partition coefficient (Wildman–Crippen LogP) is -1.08. The van der Waals surface area contributed by atoms with Crippen LogP contribution in [0.1, 0.15) is 6.92 Å². The number of nitrogens with zero attached hydrogens (tertiary/aromatic N) is 1. The molecule has 8 nitrogen and oxygen atoms in total. The van der Waals surface area contributed by atoms with Gasteiger partial charge in [0.05, 0.1) is 19.3 Å². The molecule has 0 rings (SSSR count). The van der Waals surface area contributed by atoms with Crippen molar-refractivity contribution < 1.29 is 27.8 Å². The zero-order valence-electron chi connectivity index (χ0n) is 10.0. The number of methoxy groups -OCH3 is 1. The molecule has 1 atom stereocenters. The van der Waals surface area contributed by atoms with Crippen LogP contribution in [0, 0.1) is 0 Å². The van der Waals surface area contributed by atoms with Crippen molar-refractivity contribution in [3.05, 3.63) is 0 Å². The van der Waals surface area contributed by atoms with Crippen LogP contribution in [-0.4, -0.2) is 63.9 Å². The minimum absolute atomic E-state index is 0.000728. The quantitative estimate of drug-likeness (QED) is 0.609. The highest BCUT2D eigenvalue weighted by Crippen LogP contribution is 1.97. The number of nitrogens with one attached hydrogen (secondary N) is 1. The van der Waals surface area contributed by atoms with Crippen LogP contribution < -0.4 is 4.72 Å². The summed E-state index contributed by atoms with van der Waals surface area (Å²) in [5.74, 6) is 0. The molecule has 0 aliphatic heterocycles. The standard InChI is InChI=1S/C8H18N2O6S/c1-4-16-8(12)9-17(13,14)10(2)5-7(11)6-15-3/h7,11H,4-6H2,1-3H3,(H,9,12). The Labute approximate surface area is 101 Å². The Morgan fingerprint density at radius 3 is 2.59 bits per heavy atom. The molecule has 102 valence electrons. The van der Waals surface area contributed by atoms with E-state index in [1.54, 1.807) is 11.6 Å². The minimum Gasteiger partial charge on any atom is -0.449 e. The van der Waals surface area contributed by atoms with Gasteiger partial charge >= 0.3 is 16.3 Å². The predicted molar refractivity (Wildman–Crippen MR) is 59.6 cm³/mol. The average molecular weight is 270 g/mol. The Hall–Kier alpha value is -0.900. The summed E-state index contributed by atoms with van der Waals surface area (Å²) in [6.45, 7) is 1.43. The Morgan fingerprint density at radius 1 is 1.53 bits per heavy atom. The molecule has 0 saturated carbocycles. The second-order valence-electron chi connectivity index (χ2n) is 3.22. The van der Waals surface area contributed by atoms with E-state index in [0.29, 0.717) is 0 Å². The molecule has 0 radical (unpaired) electrons. The van der Waals surface area contributed by atoms with Crippen LogP contribution in [0.2, 0.25) is 0 Å².